The van der Waals surface area contributed by atoms with Crippen LogP contribution in [0, 0.1) is 0 Å². The van der Waals surface area contributed by atoms with E-state index in [-0.39, 0.29) is 36.0 Å². The second-order valence-electron chi connectivity index (χ2n) is 5.67. The minimum absolute atomic E-state index is 0. The van der Waals surface area contributed by atoms with Gasteiger partial charge in [-0.2, -0.15) is 0 Å². The smallest absolute Gasteiger partial charge is 0.291 e. The SMILES string of the molecule is Cl.NC1CCCN(C(=O)c2cccc(NC(=O)c3ccco3)c2)C1. The summed E-state index contributed by atoms with van der Waals surface area (Å²) in [6, 6.07) is 10.2. The van der Waals surface area contributed by atoms with Gasteiger partial charge in [-0.15, -0.1) is 12.4 Å². The molecule has 0 saturated carbocycles. The lowest BCUT2D eigenvalue weighted by molar-refractivity contribution is 0.0708. The Hall–Kier alpha value is -2.31. The van der Waals surface area contributed by atoms with Crippen molar-refractivity contribution in [3.05, 3.63) is 54.0 Å². The molecule has 1 saturated heterocycles. The van der Waals surface area contributed by atoms with Crippen LogP contribution in [0.25, 0.3) is 0 Å². The first-order valence-corrected chi connectivity index (χ1v) is 7.63. The van der Waals surface area contributed by atoms with Crippen LogP contribution >= 0.6 is 12.4 Å². The number of anilines is 1. The van der Waals surface area contributed by atoms with E-state index in [4.69, 9.17) is 10.2 Å². The Balaban J connectivity index is 0.00000208. The Morgan fingerprint density at radius 2 is 2.08 bits per heavy atom. The number of nitrogens with two attached hydrogens (primary N) is 1. The third-order valence-corrected chi connectivity index (χ3v) is 3.86. The molecule has 3 rings (SSSR count). The van der Waals surface area contributed by atoms with Crippen LogP contribution in [0.5, 0.6) is 0 Å². The van der Waals surface area contributed by atoms with Crippen LogP contribution in [-0.2, 0) is 0 Å². The molecule has 0 radical (unpaired) electrons. The summed E-state index contributed by atoms with van der Waals surface area (Å²) in [7, 11) is 0. The van der Waals surface area contributed by atoms with Crippen LogP contribution in [0.15, 0.2) is 47.1 Å². The molecule has 7 heteroatoms. The van der Waals surface area contributed by atoms with Crippen LogP contribution in [-0.4, -0.2) is 35.8 Å². The van der Waals surface area contributed by atoms with Gasteiger partial charge in [0, 0.05) is 30.4 Å². The summed E-state index contributed by atoms with van der Waals surface area (Å²) in [4.78, 5) is 26.3. The van der Waals surface area contributed by atoms with Gasteiger partial charge in [0.15, 0.2) is 5.76 Å². The van der Waals surface area contributed by atoms with E-state index in [0.717, 1.165) is 19.4 Å². The highest BCUT2D eigenvalue weighted by molar-refractivity contribution is 6.03. The fourth-order valence-electron chi connectivity index (χ4n) is 2.71. The number of carbonyl (C=O) groups excluding carboxylic acids is 2. The zero-order valence-electron chi connectivity index (χ0n) is 13.1. The molecule has 1 aliphatic rings. The number of likely N-dealkylation sites (tertiary alicyclic amines) is 1. The number of amides is 2. The summed E-state index contributed by atoms with van der Waals surface area (Å²) in [6.07, 6.45) is 3.30. The molecular formula is C17H20ClN3O3. The molecule has 1 aromatic carbocycles. The summed E-state index contributed by atoms with van der Waals surface area (Å²) in [6.45, 7) is 1.29. The van der Waals surface area contributed by atoms with Crippen LogP contribution in [0.4, 0.5) is 5.69 Å². The standard InChI is InChI=1S/C17H19N3O3.ClH/c18-13-5-2-8-20(11-13)17(22)12-4-1-6-14(10-12)19-16(21)15-7-3-9-23-15;/h1,3-4,6-7,9-10,13H,2,5,8,11,18H2,(H,19,21);1H. The number of nitrogens with zero attached hydrogens (tertiary/aromatic N) is 1. The topological polar surface area (TPSA) is 88.6 Å². The highest BCUT2D eigenvalue weighted by Crippen LogP contribution is 2.17. The van der Waals surface area contributed by atoms with E-state index in [1.165, 1.54) is 6.26 Å². The largest absolute Gasteiger partial charge is 0.459 e. The molecule has 128 valence electrons. The molecule has 2 amide bonds. The third kappa shape index (κ3) is 4.15. The van der Waals surface area contributed by atoms with Gasteiger partial charge in [-0.1, -0.05) is 6.07 Å². The third-order valence-electron chi connectivity index (χ3n) is 3.86. The first-order chi connectivity index (χ1) is 11.1. The molecule has 1 fully saturated rings. The summed E-state index contributed by atoms with van der Waals surface area (Å²) in [5, 5.41) is 2.72. The van der Waals surface area contributed by atoms with Crippen molar-refractivity contribution in [1.29, 1.82) is 0 Å². The zero-order chi connectivity index (χ0) is 16.2. The lowest BCUT2D eigenvalue weighted by atomic mass is 10.1. The Bertz CT molecular complexity index is 703. The lowest BCUT2D eigenvalue weighted by Gasteiger charge is -2.30. The van der Waals surface area contributed by atoms with E-state index in [1.807, 2.05) is 0 Å². The van der Waals surface area contributed by atoms with Gasteiger partial charge in [0.05, 0.1) is 6.26 Å². The van der Waals surface area contributed by atoms with Crippen molar-refractivity contribution in [2.24, 2.45) is 5.73 Å². The normalized spacial score (nSPS) is 17.0. The van der Waals surface area contributed by atoms with Crippen molar-refractivity contribution in [2.45, 2.75) is 18.9 Å². The maximum Gasteiger partial charge on any atom is 0.291 e. The molecular weight excluding hydrogens is 330 g/mol. The molecule has 24 heavy (non-hydrogen) atoms. The van der Waals surface area contributed by atoms with Crippen molar-refractivity contribution in [3.8, 4) is 0 Å². The number of carbonyl (C=O) groups is 2. The van der Waals surface area contributed by atoms with E-state index < -0.39 is 0 Å². The zero-order valence-corrected chi connectivity index (χ0v) is 13.9. The molecule has 0 bridgehead atoms. The Labute approximate surface area is 146 Å². The van der Waals surface area contributed by atoms with Gasteiger partial charge in [0.25, 0.3) is 11.8 Å². The molecule has 6 nitrogen and oxygen atoms in total. The van der Waals surface area contributed by atoms with Crippen LogP contribution in [0.1, 0.15) is 33.8 Å². The number of piperidine rings is 1. The van der Waals surface area contributed by atoms with Crippen LogP contribution < -0.4 is 11.1 Å². The van der Waals surface area contributed by atoms with Crippen molar-refractivity contribution < 1.29 is 14.0 Å². The summed E-state index contributed by atoms with van der Waals surface area (Å²) >= 11 is 0. The Morgan fingerprint density at radius 3 is 2.79 bits per heavy atom. The monoisotopic (exact) mass is 349 g/mol. The van der Waals surface area contributed by atoms with E-state index in [1.54, 1.807) is 41.3 Å². The Kier molecular flexibility index (Phi) is 6.00. The van der Waals surface area contributed by atoms with Crippen molar-refractivity contribution in [1.82, 2.24) is 4.90 Å². The van der Waals surface area contributed by atoms with Crippen LogP contribution in [0.2, 0.25) is 0 Å². The number of benzene rings is 1. The highest BCUT2D eigenvalue weighted by atomic mass is 35.5. The maximum atomic E-state index is 12.6. The average Bonchev–Trinajstić information content (AvgIpc) is 3.09. The van der Waals surface area contributed by atoms with Gasteiger partial charge in [-0.25, -0.2) is 0 Å². The van der Waals surface area contributed by atoms with Crippen molar-refractivity contribution >= 4 is 29.9 Å². The number of hydrogen-bond acceptors (Lipinski definition) is 4. The fraction of sp³-hybridized carbons (Fsp3) is 0.294. The molecule has 1 atom stereocenters. The van der Waals surface area contributed by atoms with Crippen molar-refractivity contribution in [3.63, 3.8) is 0 Å². The van der Waals surface area contributed by atoms with Gasteiger partial charge in [0.1, 0.15) is 0 Å². The first kappa shape index (κ1) is 18.0. The van der Waals surface area contributed by atoms with E-state index in [0.29, 0.717) is 17.8 Å². The average molecular weight is 350 g/mol. The quantitative estimate of drug-likeness (QED) is 0.891. The molecule has 1 unspecified atom stereocenters. The summed E-state index contributed by atoms with van der Waals surface area (Å²) in [5.74, 6) is -0.183. The summed E-state index contributed by atoms with van der Waals surface area (Å²) < 4.78 is 5.05. The van der Waals surface area contributed by atoms with Gasteiger partial charge in [-0.05, 0) is 43.2 Å². The molecule has 1 aromatic heterocycles. The van der Waals surface area contributed by atoms with E-state index in [9.17, 15) is 9.59 Å². The van der Waals surface area contributed by atoms with Gasteiger partial charge in [-0.3, -0.25) is 9.59 Å². The van der Waals surface area contributed by atoms with Gasteiger partial charge in [0.2, 0.25) is 0 Å². The van der Waals surface area contributed by atoms with Gasteiger partial charge < -0.3 is 20.4 Å². The predicted octanol–water partition coefficient (Wildman–Crippen LogP) is 2.52. The van der Waals surface area contributed by atoms with E-state index in [2.05, 4.69) is 5.32 Å². The lowest BCUT2D eigenvalue weighted by Crippen LogP contribution is -2.45. The second-order valence-corrected chi connectivity index (χ2v) is 5.67. The minimum atomic E-state index is -0.348. The minimum Gasteiger partial charge on any atom is -0.459 e. The fourth-order valence-corrected chi connectivity index (χ4v) is 2.71. The number of halogens is 1. The second kappa shape index (κ2) is 7.99. The maximum absolute atomic E-state index is 12.6. The summed E-state index contributed by atoms with van der Waals surface area (Å²) in [5.41, 5.74) is 7.02. The molecule has 2 aromatic rings. The number of furan rings is 1. The van der Waals surface area contributed by atoms with Gasteiger partial charge >= 0.3 is 0 Å². The molecule has 1 aliphatic heterocycles. The predicted molar refractivity (Wildman–Crippen MR) is 93.5 cm³/mol. The molecule has 0 spiro atoms. The molecule has 0 aliphatic carbocycles. The number of hydrogen-bond donors (Lipinski definition) is 2. The number of rotatable bonds is 3. The number of nitrogens with one attached hydrogen (secondary N) is 1. The first-order valence-electron chi connectivity index (χ1n) is 7.63. The highest BCUT2D eigenvalue weighted by Gasteiger charge is 2.22. The molecule has 3 N–H and O–H groups in total. The molecule has 2 heterocycles. The van der Waals surface area contributed by atoms with Crippen LogP contribution in [0.3, 0.4) is 0 Å². The Morgan fingerprint density at radius 1 is 1.25 bits per heavy atom. The van der Waals surface area contributed by atoms with Crippen molar-refractivity contribution in [2.75, 3.05) is 18.4 Å². The van der Waals surface area contributed by atoms with E-state index >= 15 is 0 Å².